The quantitative estimate of drug-likeness (QED) is 0.870. The Bertz CT molecular complexity index is 631. The summed E-state index contributed by atoms with van der Waals surface area (Å²) in [6.07, 6.45) is 1.46. The third-order valence-corrected chi connectivity index (χ3v) is 4.42. The number of carbonyl (C=O) groups excluding carboxylic acids is 2. The monoisotopic (exact) mass is 362 g/mol. The van der Waals surface area contributed by atoms with Gasteiger partial charge in [0.2, 0.25) is 5.91 Å². The van der Waals surface area contributed by atoms with E-state index in [0.29, 0.717) is 19.6 Å². The third kappa shape index (κ3) is 5.34. The van der Waals surface area contributed by atoms with Crippen LogP contribution in [0.25, 0.3) is 0 Å². The van der Waals surface area contributed by atoms with Crippen molar-refractivity contribution in [3.63, 3.8) is 0 Å². The Balaban J connectivity index is 1.76. The maximum Gasteiger partial charge on any atom is 0.410 e. The average Bonchev–Trinajstić information content (AvgIpc) is 2.49. The van der Waals surface area contributed by atoms with Gasteiger partial charge in [-0.2, -0.15) is 0 Å². The molecule has 0 saturated carbocycles. The van der Waals surface area contributed by atoms with E-state index in [1.165, 1.54) is 0 Å². The van der Waals surface area contributed by atoms with Gasteiger partial charge in [0.25, 0.3) is 0 Å². The number of ether oxygens (including phenoxy) is 1. The van der Waals surface area contributed by atoms with Gasteiger partial charge in [-0.15, -0.1) is 0 Å². The lowest BCUT2D eigenvalue weighted by molar-refractivity contribution is -0.128. The van der Waals surface area contributed by atoms with Gasteiger partial charge >= 0.3 is 6.09 Å². The standard InChI is InChI=1S/C19H30N4O3/c1-13(15-11-23(12-15)18(25)26-19(2,3)4)17(24)21-10-14-7-8-16(20-9-14)22(5)6/h7-9,13,15H,10-12H2,1-6H3,(H,21,24)/t13-/m1/s1. The number of amides is 2. The number of anilines is 1. The molecule has 1 aliphatic heterocycles. The van der Waals surface area contributed by atoms with Gasteiger partial charge in [0, 0.05) is 51.8 Å². The van der Waals surface area contributed by atoms with E-state index < -0.39 is 5.60 Å². The van der Waals surface area contributed by atoms with Crippen LogP contribution in [-0.2, 0) is 16.1 Å². The van der Waals surface area contributed by atoms with E-state index in [2.05, 4.69) is 10.3 Å². The Labute approximate surface area is 155 Å². The second-order valence-electron chi connectivity index (χ2n) is 8.07. The normalized spacial score (nSPS) is 15.8. The van der Waals surface area contributed by atoms with Gasteiger partial charge in [0.05, 0.1) is 0 Å². The molecule has 1 aromatic rings. The van der Waals surface area contributed by atoms with Crippen LogP contribution in [0.15, 0.2) is 18.3 Å². The highest BCUT2D eigenvalue weighted by Gasteiger charge is 2.38. The van der Waals surface area contributed by atoms with Crippen LogP contribution in [0.4, 0.5) is 10.6 Å². The van der Waals surface area contributed by atoms with Crippen LogP contribution in [0.1, 0.15) is 33.3 Å². The number of nitrogens with one attached hydrogen (secondary N) is 1. The summed E-state index contributed by atoms with van der Waals surface area (Å²) in [5, 5.41) is 2.95. The molecule has 2 amide bonds. The summed E-state index contributed by atoms with van der Waals surface area (Å²) < 4.78 is 5.34. The summed E-state index contributed by atoms with van der Waals surface area (Å²) in [6, 6.07) is 3.89. The number of aromatic nitrogens is 1. The zero-order valence-corrected chi connectivity index (χ0v) is 16.6. The molecule has 26 heavy (non-hydrogen) atoms. The van der Waals surface area contributed by atoms with Crippen molar-refractivity contribution in [1.29, 1.82) is 0 Å². The van der Waals surface area contributed by atoms with E-state index in [9.17, 15) is 9.59 Å². The summed E-state index contributed by atoms with van der Waals surface area (Å²) >= 11 is 0. The van der Waals surface area contributed by atoms with Gasteiger partial charge in [-0.05, 0) is 32.4 Å². The van der Waals surface area contributed by atoms with Crippen molar-refractivity contribution in [3.05, 3.63) is 23.9 Å². The van der Waals surface area contributed by atoms with E-state index >= 15 is 0 Å². The van der Waals surface area contributed by atoms with Crippen LogP contribution >= 0.6 is 0 Å². The maximum absolute atomic E-state index is 12.4. The SMILES string of the molecule is C[C@@H](C(=O)NCc1ccc(N(C)C)nc1)C1CN(C(=O)OC(C)(C)C)C1. The molecule has 2 heterocycles. The van der Waals surface area contributed by atoms with Crippen LogP contribution in [0.5, 0.6) is 0 Å². The fourth-order valence-corrected chi connectivity index (χ4v) is 2.65. The maximum atomic E-state index is 12.4. The first kappa shape index (κ1) is 20.0. The molecule has 0 radical (unpaired) electrons. The summed E-state index contributed by atoms with van der Waals surface area (Å²) in [5.41, 5.74) is 0.460. The molecular weight excluding hydrogens is 332 g/mol. The lowest BCUT2D eigenvalue weighted by Gasteiger charge is -2.42. The number of hydrogen-bond donors (Lipinski definition) is 1. The smallest absolute Gasteiger partial charge is 0.410 e. The van der Waals surface area contributed by atoms with Gasteiger partial charge in [-0.25, -0.2) is 9.78 Å². The molecule has 1 aromatic heterocycles. The van der Waals surface area contributed by atoms with Crippen LogP contribution in [0, 0.1) is 11.8 Å². The first-order chi connectivity index (χ1) is 12.1. The first-order valence-corrected chi connectivity index (χ1v) is 8.94. The molecule has 144 valence electrons. The van der Waals surface area contributed by atoms with E-state index in [1.54, 1.807) is 11.1 Å². The summed E-state index contributed by atoms with van der Waals surface area (Å²) in [6.45, 7) is 9.01. The second-order valence-corrected chi connectivity index (χ2v) is 8.07. The minimum Gasteiger partial charge on any atom is -0.444 e. The predicted octanol–water partition coefficient (Wildman–Crippen LogP) is 2.27. The number of hydrogen-bond acceptors (Lipinski definition) is 5. The highest BCUT2D eigenvalue weighted by molar-refractivity contribution is 5.79. The Morgan fingerprint density at radius 2 is 2.00 bits per heavy atom. The van der Waals surface area contributed by atoms with Crippen LogP contribution in [-0.4, -0.2) is 54.7 Å². The lowest BCUT2D eigenvalue weighted by atomic mass is 9.86. The molecule has 1 aliphatic rings. The zero-order valence-electron chi connectivity index (χ0n) is 16.6. The Kier molecular flexibility index (Phi) is 6.10. The predicted molar refractivity (Wildman–Crippen MR) is 101 cm³/mol. The molecule has 7 heteroatoms. The topological polar surface area (TPSA) is 74.8 Å². The molecule has 0 spiro atoms. The lowest BCUT2D eigenvalue weighted by Crippen LogP contribution is -2.55. The highest BCUT2D eigenvalue weighted by Crippen LogP contribution is 2.26. The van der Waals surface area contributed by atoms with Gasteiger partial charge < -0.3 is 19.9 Å². The van der Waals surface area contributed by atoms with Gasteiger partial charge in [-0.1, -0.05) is 13.0 Å². The number of nitrogens with zero attached hydrogens (tertiary/aromatic N) is 3. The van der Waals surface area contributed by atoms with E-state index in [4.69, 9.17) is 4.74 Å². The Morgan fingerprint density at radius 3 is 2.50 bits per heavy atom. The molecule has 1 saturated heterocycles. The average molecular weight is 362 g/mol. The molecule has 0 unspecified atom stereocenters. The van der Waals surface area contributed by atoms with Crippen molar-refractivity contribution >= 4 is 17.8 Å². The summed E-state index contributed by atoms with van der Waals surface area (Å²) in [5.74, 6) is 0.889. The van der Waals surface area contributed by atoms with Crippen molar-refractivity contribution in [2.75, 3.05) is 32.1 Å². The Morgan fingerprint density at radius 1 is 1.35 bits per heavy atom. The first-order valence-electron chi connectivity index (χ1n) is 8.94. The highest BCUT2D eigenvalue weighted by atomic mass is 16.6. The van der Waals surface area contributed by atoms with Crippen molar-refractivity contribution in [2.45, 2.75) is 39.8 Å². The van der Waals surface area contributed by atoms with Gasteiger partial charge in [0.15, 0.2) is 0 Å². The van der Waals surface area contributed by atoms with Crippen LogP contribution < -0.4 is 10.2 Å². The molecule has 0 bridgehead atoms. The largest absolute Gasteiger partial charge is 0.444 e. The van der Waals surface area contributed by atoms with E-state index in [0.717, 1.165) is 11.4 Å². The summed E-state index contributed by atoms with van der Waals surface area (Å²) in [7, 11) is 3.87. The van der Waals surface area contributed by atoms with Gasteiger partial charge in [0.1, 0.15) is 11.4 Å². The molecule has 1 fully saturated rings. The molecule has 2 rings (SSSR count). The minimum absolute atomic E-state index is 0.00414. The van der Waals surface area contributed by atoms with E-state index in [1.807, 2.05) is 58.8 Å². The molecule has 0 aliphatic carbocycles. The summed E-state index contributed by atoms with van der Waals surface area (Å²) in [4.78, 5) is 32.2. The second kappa shape index (κ2) is 7.93. The number of rotatable bonds is 5. The molecule has 1 N–H and O–H groups in total. The molecule has 0 aromatic carbocycles. The fourth-order valence-electron chi connectivity index (χ4n) is 2.65. The molecule has 7 nitrogen and oxygen atoms in total. The minimum atomic E-state index is -0.499. The van der Waals surface area contributed by atoms with E-state index in [-0.39, 0.29) is 23.8 Å². The van der Waals surface area contributed by atoms with Crippen molar-refractivity contribution in [1.82, 2.24) is 15.2 Å². The molecule has 1 atom stereocenters. The van der Waals surface area contributed by atoms with Crippen molar-refractivity contribution in [3.8, 4) is 0 Å². The van der Waals surface area contributed by atoms with Crippen molar-refractivity contribution < 1.29 is 14.3 Å². The molecular formula is C19H30N4O3. The number of carbonyl (C=O) groups is 2. The zero-order chi connectivity index (χ0) is 19.5. The van der Waals surface area contributed by atoms with Crippen molar-refractivity contribution in [2.24, 2.45) is 11.8 Å². The van der Waals surface area contributed by atoms with Crippen LogP contribution in [0.2, 0.25) is 0 Å². The number of pyridine rings is 1. The fraction of sp³-hybridized carbons (Fsp3) is 0.632. The third-order valence-electron chi connectivity index (χ3n) is 4.42. The number of likely N-dealkylation sites (tertiary alicyclic amines) is 1. The van der Waals surface area contributed by atoms with Crippen LogP contribution in [0.3, 0.4) is 0 Å². The Hall–Kier alpha value is -2.31. The van der Waals surface area contributed by atoms with Gasteiger partial charge in [-0.3, -0.25) is 4.79 Å².